The van der Waals surface area contributed by atoms with Crippen molar-refractivity contribution in [2.24, 2.45) is 5.92 Å². The van der Waals surface area contributed by atoms with Crippen molar-refractivity contribution < 1.29 is 14.7 Å². The molecule has 0 saturated carbocycles. The molecule has 3 N–H and O–H groups in total. The molecule has 25 heavy (non-hydrogen) atoms. The summed E-state index contributed by atoms with van der Waals surface area (Å²) in [7, 11) is 0. The molecule has 1 aromatic rings. The second kappa shape index (κ2) is 8.42. The minimum Gasteiger partial charge on any atom is -0.481 e. The van der Waals surface area contributed by atoms with Gasteiger partial charge in [0, 0.05) is 19.5 Å². The van der Waals surface area contributed by atoms with Crippen LogP contribution in [0.2, 0.25) is 0 Å². The van der Waals surface area contributed by atoms with E-state index < -0.39 is 5.97 Å². The summed E-state index contributed by atoms with van der Waals surface area (Å²) in [5, 5.41) is 23.4. The lowest BCUT2D eigenvalue weighted by molar-refractivity contribution is -0.137. The Morgan fingerprint density at radius 3 is 2.80 bits per heavy atom. The first-order valence-electron chi connectivity index (χ1n) is 9.27. The van der Waals surface area contributed by atoms with E-state index in [-0.39, 0.29) is 24.8 Å². The minimum atomic E-state index is -0.910. The molecule has 0 bridgehead atoms. The van der Waals surface area contributed by atoms with Crippen LogP contribution >= 0.6 is 0 Å². The number of aromatic nitrogens is 3. The molecular weight excluding hydrogens is 322 g/mol. The molecule has 3 heterocycles. The Kier molecular flexibility index (Phi) is 6.01. The number of piperidine rings is 1. The van der Waals surface area contributed by atoms with Gasteiger partial charge in [-0.2, -0.15) is 0 Å². The van der Waals surface area contributed by atoms with Crippen LogP contribution in [-0.4, -0.2) is 51.4 Å². The van der Waals surface area contributed by atoms with Gasteiger partial charge in [0.1, 0.15) is 11.6 Å². The number of hydrogen-bond acceptors (Lipinski definition) is 5. The predicted molar refractivity (Wildman–Crippen MR) is 91.2 cm³/mol. The van der Waals surface area contributed by atoms with Crippen LogP contribution in [0.1, 0.15) is 56.1 Å². The van der Waals surface area contributed by atoms with Crippen molar-refractivity contribution in [3.05, 3.63) is 11.6 Å². The van der Waals surface area contributed by atoms with Crippen LogP contribution in [0.4, 0.5) is 0 Å². The normalized spacial score (nSPS) is 20.9. The van der Waals surface area contributed by atoms with Crippen LogP contribution < -0.4 is 10.6 Å². The Morgan fingerprint density at radius 1 is 1.24 bits per heavy atom. The lowest BCUT2D eigenvalue weighted by Gasteiger charge is -2.24. The number of carboxylic acids is 1. The molecule has 8 nitrogen and oxygen atoms in total. The second-order valence-corrected chi connectivity index (χ2v) is 6.99. The molecule has 1 aromatic heterocycles. The first kappa shape index (κ1) is 17.8. The summed E-state index contributed by atoms with van der Waals surface area (Å²) < 4.78 is 2.10. The van der Waals surface area contributed by atoms with E-state index in [1.165, 1.54) is 12.8 Å². The number of nitrogens with zero attached hydrogens (tertiary/aromatic N) is 3. The van der Waals surface area contributed by atoms with Crippen LogP contribution in [0.3, 0.4) is 0 Å². The highest BCUT2D eigenvalue weighted by Gasteiger charge is 2.30. The molecule has 1 amide bonds. The van der Waals surface area contributed by atoms with E-state index in [0.717, 1.165) is 62.9 Å². The highest BCUT2D eigenvalue weighted by molar-refractivity contribution is 5.83. The lowest BCUT2D eigenvalue weighted by Crippen LogP contribution is -2.34. The molecule has 138 valence electrons. The summed E-state index contributed by atoms with van der Waals surface area (Å²) in [6, 6.07) is 0. The minimum absolute atomic E-state index is 0.0629. The summed E-state index contributed by atoms with van der Waals surface area (Å²) in [6.45, 7) is 3.21. The van der Waals surface area contributed by atoms with Crippen molar-refractivity contribution in [2.45, 2.75) is 57.4 Å². The number of aryl methyl sites for hydroxylation is 1. The average Bonchev–Trinajstić information content (AvgIpc) is 3.03. The maximum Gasteiger partial charge on any atom is 0.305 e. The van der Waals surface area contributed by atoms with Gasteiger partial charge in [0.2, 0.25) is 5.91 Å². The molecule has 1 fully saturated rings. The van der Waals surface area contributed by atoms with Crippen LogP contribution in [-0.2, 0) is 22.6 Å². The van der Waals surface area contributed by atoms with Gasteiger partial charge in [-0.25, -0.2) is 0 Å². The zero-order chi connectivity index (χ0) is 17.6. The summed E-state index contributed by atoms with van der Waals surface area (Å²) in [5.41, 5.74) is 0. The lowest BCUT2D eigenvalue weighted by atomic mass is 9.93. The zero-order valence-corrected chi connectivity index (χ0v) is 14.5. The first-order valence-corrected chi connectivity index (χ1v) is 9.27. The summed E-state index contributed by atoms with van der Waals surface area (Å²) >= 11 is 0. The molecule has 0 aromatic carbocycles. The monoisotopic (exact) mass is 349 g/mol. The van der Waals surface area contributed by atoms with E-state index in [4.69, 9.17) is 5.11 Å². The van der Waals surface area contributed by atoms with E-state index in [1.807, 2.05) is 0 Å². The standard InChI is InChI=1S/C17H27N5O3/c23-15(24)7-10-19-17(25)13-2-1-11-22-14(20-21-16(13)22)4-3-12-5-8-18-9-6-12/h12-13,18H,1-11H2,(H,19,25)(H,23,24). The Hall–Kier alpha value is -1.96. The third-order valence-corrected chi connectivity index (χ3v) is 5.23. The largest absolute Gasteiger partial charge is 0.481 e. The van der Waals surface area contributed by atoms with E-state index in [1.54, 1.807) is 0 Å². The van der Waals surface area contributed by atoms with Gasteiger partial charge in [0.25, 0.3) is 0 Å². The fourth-order valence-electron chi connectivity index (χ4n) is 3.79. The number of carbonyl (C=O) groups is 2. The van der Waals surface area contributed by atoms with Gasteiger partial charge < -0.3 is 20.3 Å². The van der Waals surface area contributed by atoms with Gasteiger partial charge in [-0.1, -0.05) is 0 Å². The molecule has 3 rings (SSSR count). The van der Waals surface area contributed by atoms with Crippen molar-refractivity contribution in [1.82, 2.24) is 25.4 Å². The number of carboxylic acid groups (broad SMARTS) is 1. The van der Waals surface area contributed by atoms with Crippen molar-refractivity contribution in [3.8, 4) is 0 Å². The number of hydrogen-bond donors (Lipinski definition) is 3. The second-order valence-electron chi connectivity index (χ2n) is 6.99. The maximum absolute atomic E-state index is 12.4. The number of nitrogens with one attached hydrogen (secondary N) is 2. The quantitative estimate of drug-likeness (QED) is 0.668. The maximum atomic E-state index is 12.4. The fourth-order valence-corrected chi connectivity index (χ4v) is 3.79. The third kappa shape index (κ3) is 4.56. The van der Waals surface area contributed by atoms with E-state index >= 15 is 0 Å². The van der Waals surface area contributed by atoms with E-state index in [0.29, 0.717) is 0 Å². The van der Waals surface area contributed by atoms with Gasteiger partial charge in [0.15, 0.2) is 0 Å². The van der Waals surface area contributed by atoms with Crippen molar-refractivity contribution in [1.29, 1.82) is 0 Å². The summed E-state index contributed by atoms with van der Waals surface area (Å²) in [4.78, 5) is 22.9. The number of aliphatic carboxylic acids is 1. The fraction of sp³-hybridized carbons (Fsp3) is 0.765. The number of carbonyl (C=O) groups excluding carboxylic acids is 1. The molecule has 1 atom stereocenters. The molecule has 8 heteroatoms. The first-order chi connectivity index (χ1) is 12.1. The highest BCUT2D eigenvalue weighted by Crippen LogP contribution is 2.28. The van der Waals surface area contributed by atoms with Gasteiger partial charge in [-0.05, 0) is 51.1 Å². The Labute approximate surface area is 147 Å². The molecule has 2 aliphatic rings. The summed E-state index contributed by atoms with van der Waals surface area (Å²) in [6.07, 6.45) is 6.06. The van der Waals surface area contributed by atoms with Crippen molar-refractivity contribution >= 4 is 11.9 Å². The molecule has 0 aliphatic carbocycles. The molecule has 1 saturated heterocycles. The molecular formula is C17H27N5O3. The Balaban J connectivity index is 1.59. The van der Waals surface area contributed by atoms with Crippen LogP contribution in [0, 0.1) is 5.92 Å². The van der Waals surface area contributed by atoms with E-state index in [9.17, 15) is 9.59 Å². The average molecular weight is 349 g/mol. The SMILES string of the molecule is O=C(O)CCNC(=O)C1CCCn2c(CCC3CCNCC3)nnc21. The Morgan fingerprint density at radius 2 is 2.04 bits per heavy atom. The van der Waals surface area contributed by atoms with Crippen LogP contribution in [0.5, 0.6) is 0 Å². The Bertz CT molecular complexity index is 609. The van der Waals surface area contributed by atoms with Crippen LogP contribution in [0.25, 0.3) is 0 Å². The zero-order valence-electron chi connectivity index (χ0n) is 14.5. The topological polar surface area (TPSA) is 109 Å². The van der Waals surface area contributed by atoms with Gasteiger partial charge >= 0.3 is 5.97 Å². The molecule has 0 spiro atoms. The smallest absolute Gasteiger partial charge is 0.305 e. The molecule has 0 radical (unpaired) electrons. The number of amides is 1. The molecule has 2 aliphatic heterocycles. The molecule has 1 unspecified atom stereocenters. The van der Waals surface area contributed by atoms with Gasteiger partial charge in [0.05, 0.1) is 12.3 Å². The predicted octanol–water partition coefficient (Wildman–Crippen LogP) is 0.679. The van der Waals surface area contributed by atoms with Crippen molar-refractivity contribution in [2.75, 3.05) is 19.6 Å². The summed E-state index contributed by atoms with van der Waals surface area (Å²) in [5.74, 6) is 1.10. The van der Waals surface area contributed by atoms with E-state index in [2.05, 4.69) is 25.4 Å². The highest BCUT2D eigenvalue weighted by atomic mass is 16.4. The number of fused-ring (bicyclic) bond motifs is 1. The van der Waals surface area contributed by atoms with Crippen LogP contribution in [0.15, 0.2) is 0 Å². The number of rotatable bonds is 7. The van der Waals surface area contributed by atoms with Gasteiger partial charge in [-0.15, -0.1) is 10.2 Å². The van der Waals surface area contributed by atoms with Gasteiger partial charge in [-0.3, -0.25) is 9.59 Å². The third-order valence-electron chi connectivity index (χ3n) is 5.23. The van der Waals surface area contributed by atoms with Crippen molar-refractivity contribution in [3.63, 3.8) is 0 Å².